The average molecular weight is 305 g/mol. The normalized spacial score (nSPS) is 10.3. The van der Waals surface area contributed by atoms with E-state index >= 15 is 0 Å². The van der Waals surface area contributed by atoms with Crippen LogP contribution in [-0.2, 0) is 9.53 Å². The van der Waals surface area contributed by atoms with Gasteiger partial charge in [-0.3, -0.25) is 0 Å². The van der Waals surface area contributed by atoms with Gasteiger partial charge in [0.05, 0.1) is 29.5 Å². The molecule has 0 aliphatic heterocycles. The molecule has 1 heterocycles. The van der Waals surface area contributed by atoms with Gasteiger partial charge in [0.2, 0.25) is 0 Å². The zero-order valence-corrected chi connectivity index (χ0v) is 12.9. The highest BCUT2D eigenvalue weighted by Gasteiger charge is 2.15. The summed E-state index contributed by atoms with van der Waals surface area (Å²) in [7, 11) is 0. The fourth-order valence-electron chi connectivity index (χ4n) is 2.30. The number of aryl methyl sites for hydroxylation is 1. The zero-order valence-electron chi connectivity index (χ0n) is 12.9. The van der Waals surface area contributed by atoms with Crippen molar-refractivity contribution >= 4 is 12.0 Å². The Morgan fingerprint density at radius 1 is 1.26 bits per heavy atom. The van der Waals surface area contributed by atoms with Crippen molar-refractivity contribution in [3.63, 3.8) is 0 Å². The van der Waals surface area contributed by atoms with E-state index in [1.165, 1.54) is 12.2 Å². The van der Waals surface area contributed by atoms with Gasteiger partial charge in [0.1, 0.15) is 6.07 Å². The van der Waals surface area contributed by atoms with Gasteiger partial charge < -0.3 is 9.72 Å². The first-order chi connectivity index (χ1) is 11.1. The van der Waals surface area contributed by atoms with E-state index in [4.69, 9.17) is 10.00 Å². The van der Waals surface area contributed by atoms with Crippen LogP contribution in [-0.4, -0.2) is 17.6 Å². The largest absolute Gasteiger partial charge is 0.463 e. The Balaban J connectivity index is 2.44. The molecule has 114 valence electrons. The van der Waals surface area contributed by atoms with Crippen molar-refractivity contribution in [2.75, 3.05) is 6.61 Å². The summed E-state index contributed by atoms with van der Waals surface area (Å²) in [6.07, 6.45) is 2.83. The number of hydrogen-bond donors (Lipinski definition) is 1. The molecule has 0 amide bonds. The molecule has 0 radical (unpaired) electrons. The number of carbonyl (C=O) groups is 1. The molecule has 0 saturated carbocycles. The van der Waals surface area contributed by atoms with Crippen molar-refractivity contribution in [3.8, 4) is 23.3 Å². The van der Waals surface area contributed by atoms with E-state index in [0.717, 1.165) is 16.8 Å². The lowest BCUT2D eigenvalue weighted by Gasteiger charge is -2.01. The number of benzene rings is 1. The molecule has 0 bridgehead atoms. The molecule has 23 heavy (non-hydrogen) atoms. The zero-order chi connectivity index (χ0) is 16.8. The molecule has 0 aliphatic rings. The molecule has 2 rings (SSSR count). The fraction of sp³-hybridized carbons (Fsp3) is 0.167. The third-order valence-corrected chi connectivity index (χ3v) is 3.30. The van der Waals surface area contributed by atoms with Crippen LogP contribution in [0, 0.1) is 29.6 Å². The predicted octanol–water partition coefficient (Wildman–Crippen LogP) is 3.31. The van der Waals surface area contributed by atoms with E-state index in [9.17, 15) is 10.1 Å². The molecule has 0 spiro atoms. The van der Waals surface area contributed by atoms with Gasteiger partial charge in [-0.1, -0.05) is 12.1 Å². The summed E-state index contributed by atoms with van der Waals surface area (Å²) in [5, 5.41) is 18.3. The molecule has 5 nitrogen and oxygen atoms in total. The van der Waals surface area contributed by atoms with Crippen molar-refractivity contribution < 1.29 is 9.53 Å². The summed E-state index contributed by atoms with van der Waals surface area (Å²) >= 11 is 0. The number of esters is 1. The summed E-state index contributed by atoms with van der Waals surface area (Å²) in [4.78, 5) is 14.5. The van der Waals surface area contributed by atoms with Crippen LogP contribution < -0.4 is 0 Å². The lowest BCUT2D eigenvalue weighted by atomic mass is 10.00. The number of nitrogens with one attached hydrogen (secondary N) is 1. The van der Waals surface area contributed by atoms with Crippen LogP contribution >= 0.6 is 0 Å². The Morgan fingerprint density at radius 2 is 1.96 bits per heavy atom. The molecule has 1 aromatic carbocycles. The van der Waals surface area contributed by atoms with Gasteiger partial charge in [0, 0.05) is 17.3 Å². The highest BCUT2D eigenvalue weighted by molar-refractivity contribution is 5.88. The van der Waals surface area contributed by atoms with Gasteiger partial charge in [-0.05, 0) is 37.6 Å². The molecule has 0 atom stereocenters. The number of nitriles is 2. The SMILES string of the molecule is CCOC(=O)/C=C/c1[nH]c(C)c(-c2ccc(C#N)cc2)c1C#N. The summed E-state index contributed by atoms with van der Waals surface area (Å²) in [5.41, 5.74) is 3.98. The minimum atomic E-state index is -0.455. The topological polar surface area (TPSA) is 89.7 Å². The number of aromatic nitrogens is 1. The van der Waals surface area contributed by atoms with Crippen LogP contribution in [0.1, 0.15) is 29.4 Å². The predicted molar refractivity (Wildman–Crippen MR) is 86.1 cm³/mol. The maximum Gasteiger partial charge on any atom is 0.330 e. The summed E-state index contributed by atoms with van der Waals surface area (Å²) < 4.78 is 4.83. The average Bonchev–Trinajstić information content (AvgIpc) is 2.89. The van der Waals surface area contributed by atoms with Crippen LogP contribution in [0.25, 0.3) is 17.2 Å². The molecule has 0 unspecified atom stereocenters. The van der Waals surface area contributed by atoms with Gasteiger partial charge >= 0.3 is 5.97 Å². The maximum atomic E-state index is 11.4. The number of aromatic amines is 1. The second kappa shape index (κ2) is 7.11. The molecule has 2 aromatic rings. The maximum absolute atomic E-state index is 11.4. The van der Waals surface area contributed by atoms with Crippen molar-refractivity contribution in [2.24, 2.45) is 0 Å². The third kappa shape index (κ3) is 3.48. The van der Waals surface area contributed by atoms with Crippen LogP contribution in [0.4, 0.5) is 0 Å². The van der Waals surface area contributed by atoms with Gasteiger partial charge in [-0.2, -0.15) is 10.5 Å². The molecular weight excluding hydrogens is 290 g/mol. The van der Waals surface area contributed by atoms with Gasteiger partial charge in [0.25, 0.3) is 0 Å². The van der Waals surface area contributed by atoms with E-state index < -0.39 is 5.97 Å². The van der Waals surface area contributed by atoms with Crippen LogP contribution in [0.3, 0.4) is 0 Å². The molecule has 0 aliphatic carbocycles. The molecular formula is C18H15N3O2. The van der Waals surface area contributed by atoms with Crippen LogP contribution in [0.2, 0.25) is 0 Å². The van der Waals surface area contributed by atoms with Gasteiger partial charge in [-0.25, -0.2) is 4.79 Å². The summed E-state index contributed by atoms with van der Waals surface area (Å²) in [6, 6.07) is 11.2. The standard InChI is InChI=1S/C18H15N3O2/c1-3-23-17(22)9-8-16-15(11-20)18(12(2)21-16)14-6-4-13(10-19)5-7-14/h4-9,21H,3H2,1-2H3/b9-8+. The molecule has 0 fully saturated rings. The van der Waals surface area contributed by atoms with E-state index in [1.54, 1.807) is 31.2 Å². The molecule has 5 heteroatoms. The Hall–Kier alpha value is -3.31. The lowest BCUT2D eigenvalue weighted by Crippen LogP contribution is -1.98. The van der Waals surface area contributed by atoms with Crippen molar-refractivity contribution in [3.05, 3.63) is 52.9 Å². The Labute approximate surface area is 134 Å². The number of H-pyrrole nitrogens is 1. The number of ether oxygens (including phenoxy) is 1. The first-order valence-corrected chi connectivity index (χ1v) is 7.08. The van der Waals surface area contributed by atoms with Gasteiger partial charge in [-0.15, -0.1) is 0 Å². The lowest BCUT2D eigenvalue weighted by molar-refractivity contribution is -0.137. The second-order valence-corrected chi connectivity index (χ2v) is 4.80. The van der Waals surface area contributed by atoms with E-state index in [0.29, 0.717) is 23.4 Å². The molecule has 1 N–H and O–H groups in total. The number of carbonyl (C=O) groups excluding carboxylic acids is 1. The Morgan fingerprint density at radius 3 is 2.52 bits per heavy atom. The second-order valence-electron chi connectivity index (χ2n) is 4.80. The quantitative estimate of drug-likeness (QED) is 0.693. The smallest absolute Gasteiger partial charge is 0.330 e. The monoisotopic (exact) mass is 305 g/mol. The van der Waals surface area contributed by atoms with Crippen molar-refractivity contribution in [1.29, 1.82) is 10.5 Å². The molecule has 1 aromatic heterocycles. The number of rotatable bonds is 4. The minimum absolute atomic E-state index is 0.300. The fourth-order valence-corrected chi connectivity index (χ4v) is 2.30. The van der Waals surface area contributed by atoms with Gasteiger partial charge in [0.15, 0.2) is 0 Å². The Kier molecular flexibility index (Phi) is 4.96. The first-order valence-electron chi connectivity index (χ1n) is 7.08. The van der Waals surface area contributed by atoms with Crippen molar-refractivity contribution in [2.45, 2.75) is 13.8 Å². The minimum Gasteiger partial charge on any atom is -0.463 e. The molecule has 0 saturated heterocycles. The van der Waals surface area contributed by atoms with E-state index in [1.807, 2.05) is 6.92 Å². The van der Waals surface area contributed by atoms with Crippen LogP contribution in [0.5, 0.6) is 0 Å². The van der Waals surface area contributed by atoms with Crippen molar-refractivity contribution in [1.82, 2.24) is 4.98 Å². The number of hydrogen-bond acceptors (Lipinski definition) is 4. The van der Waals surface area contributed by atoms with E-state index in [-0.39, 0.29) is 0 Å². The third-order valence-electron chi connectivity index (χ3n) is 3.30. The highest BCUT2D eigenvalue weighted by Crippen LogP contribution is 2.30. The van der Waals surface area contributed by atoms with E-state index in [2.05, 4.69) is 17.1 Å². The number of nitrogens with zero attached hydrogens (tertiary/aromatic N) is 2. The summed E-state index contributed by atoms with van der Waals surface area (Å²) in [6.45, 7) is 3.89. The van der Waals surface area contributed by atoms with Crippen LogP contribution in [0.15, 0.2) is 30.3 Å². The summed E-state index contributed by atoms with van der Waals surface area (Å²) in [5.74, 6) is -0.455. The highest BCUT2D eigenvalue weighted by atomic mass is 16.5. The Bertz CT molecular complexity index is 831. The first kappa shape index (κ1) is 16.1.